The van der Waals surface area contributed by atoms with Crippen molar-refractivity contribution in [2.24, 2.45) is 5.92 Å². The first-order valence-electron chi connectivity index (χ1n) is 7.98. The van der Waals surface area contributed by atoms with E-state index in [9.17, 15) is 9.90 Å². The first-order chi connectivity index (χ1) is 10.1. The molecule has 1 aromatic rings. The zero-order valence-corrected chi connectivity index (χ0v) is 12.8. The van der Waals surface area contributed by atoms with Crippen LogP contribution in [0.1, 0.15) is 55.5 Å². The number of hydrogen-bond donors (Lipinski definition) is 1. The van der Waals surface area contributed by atoms with Crippen molar-refractivity contribution in [1.29, 1.82) is 0 Å². The van der Waals surface area contributed by atoms with Crippen molar-refractivity contribution in [3.8, 4) is 0 Å². The number of hydrogen-bond acceptors (Lipinski definition) is 4. The summed E-state index contributed by atoms with van der Waals surface area (Å²) >= 11 is 0. The molecule has 2 fully saturated rings. The van der Waals surface area contributed by atoms with Crippen LogP contribution in [-0.4, -0.2) is 33.2 Å². The SMILES string of the molecule is Cc1noc(C)c1CN1C(C(=O)O)CCC2CCCCC21. The number of carboxylic acid groups (broad SMARTS) is 1. The highest BCUT2D eigenvalue weighted by atomic mass is 16.5. The predicted molar refractivity (Wildman–Crippen MR) is 77.9 cm³/mol. The second kappa shape index (κ2) is 5.79. The van der Waals surface area contributed by atoms with Crippen LogP contribution in [0.5, 0.6) is 0 Å². The van der Waals surface area contributed by atoms with Gasteiger partial charge in [0, 0.05) is 18.2 Å². The highest BCUT2D eigenvalue weighted by Crippen LogP contribution is 2.39. The number of piperidine rings is 1. The lowest BCUT2D eigenvalue weighted by Gasteiger charge is -2.47. The molecular formula is C16H24N2O3. The second-order valence-electron chi connectivity index (χ2n) is 6.52. The number of fused-ring (bicyclic) bond motifs is 1. The summed E-state index contributed by atoms with van der Waals surface area (Å²) in [4.78, 5) is 13.9. The van der Waals surface area contributed by atoms with Crippen molar-refractivity contribution >= 4 is 5.97 Å². The minimum absolute atomic E-state index is 0.363. The van der Waals surface area contributed by atoms with E-state index >= 15 is 0 Å². The molecule has 21 heavy (non-hydrogen) atoms. The molecule has 0 radical (unpaired) electrons. The van der Waals surface area contributed by atoms with Crippen LogP contribution >= 0.6 is 0 Å². The highest BCUT2D eigenvalue weighted by molar-refractivity contribution is 5.73. The lowest BCUT2D eigenvalue weighted by atomic mass is 9.76. The summed E-state index contributed by atoms with van der Waals surface area (Å²) in [5, 5.41) is 13.6. The molecule has 1 aliphatic carbocycles. The van der Waals surface area contributed by atoms with Gasteiger partial charge in [0.15, 0.2) is 0 Å². The van der Waals surface area contributed by atoms with E-state index in [4.69, 9.17) is 4.52 Å². The summed E-state index contributed by atoms with van der Waals surface area (Å²) in [6.07, 6.45) is 6.69. The number of likely N-dealkylation sites (tertiary alicyclic amines) is 1. The number of carboxylic acids is 1. The van der Waals surface area contributed by atoms with E-state index in [1.807, 2.05) is 13.8 Å². The summed E-state index contributed by atoms with van der Waals surface area (Å²) < 4.78 is 5.24. The fraction of sp³-hybridized carbons (Fsp3) is 0.750. The van der Waals surface area contributed by atoms with E-state index in [-0.39, 0.29) is 6.04 Å². The molecule has 2 heterocycles. The minimum Gasteiger partial charge on any atom is -0.480 e. The summed E-state index contributed by atoms with van der Waals surface area (Å²) in [5.74, 6) is 0.787. The third kappa shape index (κ3) is 2.71. The number of nitrogens with zero attached hydrogens (tertiary/aromatic N) is 2. The quantitative estimate of drug-likeness (QED) is 0.928. The van der Waals surface area contributed by atoms with Crippen molar-refractivity contribution in [3.63, 3.8) is 0 Å². The van der Waals surface area contributed by atoms with Crippen molar-refractivity contribution in [2.45, 2.75) is 71.0 Å². The van der Waals surface area contributed by atoms with Gasteiger partial charge in [0.2, 0.25) is 0 Å². The van der Waals surface area contributed by atoms with Crippen LogP contribution in [0.3, 0.4) is 0 Å². The largest absolute Gasteiger partial charge is 0.480 e. The normalized spacial score (nSPS) is 30.1. The molecule has 1 N–H and O–H groups in total. The van der Waals surface area contributed by atoms with E-state index in [0.717, 1.165) is 36.3 Å². The molecule has 5 heteroatoms. The Balaban J connectivity index is 1.87. The van der Waals surface area contributed by atoms with Gasteiger partial charge in [-0.25, -0.2) is 0 Å². The summed E-state index contributed by atoms with van der Waals surface area (Å²) in [6.45, 7) is 4.50. The van der Waals surface area contributed by atoms with E-state index in [0.29, 0.717) is 18.5 Å². The van der Waals surface area contributed by atoms with Gasteiger partial charge < -0.3 is 9.63 Å². The Labute approximate surface area is 125 Å². The zero-order chi connectivity index (χ0) is 15.0. The van der Waals surface area contributed by atoms with Crippen molar-refractivity contribution in [2.75, 3.05) is 0 Å². The van der Waals surface area contributed by atoms with Crippen LogP contribution < -0.4 is 0 Å². The summed E-state index contributed by atoms with van der Waals surface area (Å²) in [5.41, 5.74) is 1.95. The van der Waals surface area contributed by atoms with Crippen LogP contribution in [0.25, 0.3) is 0 Å². The van der Waals surface area contributed by atoms with Gasteiger partial charge in [-0.05, 0) is 45.4 Å². The zero-order valence-electron chi connectivity index (χ0n) is 12.8. The van der Waals surface area contributed by atoms with Gasteiger partial charge in [-0.15, -0.1) is 0 Å². The Morgan fingerprint density at radius 1 is 1.29 bits per heavy atom. The van der Waals surface area contributed by atoms with Gasteiger partial charge in [0.25, 0.3) is 0 Å². The Morgan fingerprint density at radius 3 is 2.71 bits per heavy atom. The van der Waals surface area contributed by atoms with Crippen LogP contribution in [0.15, 0.2) is 4.52 Å². The molecule has 3 rings (SSSR count). The molecule has 1 saturated heterocycles. The predicted octanol–water partition coefficient (Wildman–Crippen LogP) is 2.90. The molecule has 3 atom stereocenters. The minimum atomic E-state index is -0.689. The molecule has 116 valence electrons. The average molecular weight is 292 g/mol. The molecule has 5 nitrogen and oxygen atoms in total. The van der Waals surface area contributed by atoms with Gasteiger partial charge in [0.05, 0.1) is 5.69 Å². The van der Waals surface area contributed by atoms with Crippen LogP contribution in [0, 0.1) is 19.8 Å². The molecule has 0 aromatic carbocycles. The lowest BCUT2D eigenvalue weighted by Crippen LogP contribution is -2.54. The van der Waals surface area contributed by atoms with Crippen LogP contribution in [0.2, 0.25) is 0 Å². The second-order valence-corrected chi connectivity index (χ2v) is 6.52. The first-order valence-corrected chi connectivity index (χ1v) is 7.98. The standard InChI is InChI=1S/C16H24N2O3/c1-10-13(11(2)21-17-10)9-18-14-6-4-3-5-12(14)7-8-15(18)16(19)20/h12,14-15H,3-9H2,1-2H3,(H,19,20). The van der Waals surface area contributed by atoms with E-state index in [1.54, 1.807) is 0 Å². The van der Waals surface area contributed by atoms with E-state index in [2.05, 4.69) is 10.1 Å². The molecule has 1 aliphatic heterocycles. The monoisotopic (exact) mass is 292 g/mol. The van der Waals surface area contributed by atoms with E-state index in [1.165, 1.54) is 19.3 Å². The molecule has 3 unspecified atom stereocenters. The smallest absolute Gasteiger partial charge is 0.320 e. The van der Waals surface area contributed by atoms with Gasteiger partial charge in [-0.1, -0.05) is 18.0 Å². The number of aliphatic carboxylic acids is 1. The van der Waals surface area contributed by atoms with Gasteiger partial charge >= 0.3 is 5.97 Å². The number of aryl methyl sites for hydroxylation is 2. The maximum absolute atomic E-state index is 11.7. The first kappa shape index (κ1) is 14.6. The maximum Gasteiger partial charge on any atom is 0.320 e. The topological polar surface area (TPSA) is 66.6 Å². The summed E-state index contributed by atoms with van der Waals surface area (Å²) in [7, 11) is 0. The summed E-state index contributed by atoms with van der Waals surface area (Å²) in [6, 6.07) is 0.0420. The molecule has 0 amide bonds. The Hall–Kier alpha value is -1.36. The highest BCUT2D eigenvalue weighted by Gasteiger charge is 2.41. The van der Waals surface area contributed by atoms with Crippen molar-refractivity contribution < 1.29 is 14.4 Å². The number of rotatable bonds is 3. The molecule has 2 aliphatic rings. The fourth-order valence-electron chi connectivity index (χ4n) is 4.13. The third-order valence-electron chi connectivity index (χ3n) is 5.31. The number of carbonyl (C=O) groups is 1. The van der Waals surface area contributed by atoms with Gasteiger partial charge in [-0.2, -0.15) is 0 Å². The maximum atomic E-state index is 11.7. The Morgan fingerprint density at radius 2 is 2.05 bits per heavy atom. The molecular weight excluding hydrogens is 268 g/mol. The molecule has 0 spiro atoms. The molecule has 1 saturated carbocycles. The van der Waals surface area contributed by atoms with Crippen molar-refractivity contribution in [3.05, 3.63) is 17.0 Å². The lowest BCUT2D eigenvalue weighted by molar-refractivity contribution is -0.148. The fourth-order valence-corrected chi connectivity index (χ4v) is 4.13. The van der Waals surface area contributed by atoms with Crippen LogP contribution in [-0.2, 0) is 11.3 Å². The molecule has 0 bridgehead atoms. The van der Waals surface area contributed by atoms with Gasteiger partial charge in [-0.3, -0.25) is 9.69 Å². The van der Waals surface area contributed by atoms with Gasteiger partial charge in [0.1, 0.15) is 11.8 Å². The molecule has 1 aromatic heterocycles. The Kier molecular flexibility index (Phi) is 4.02. The van der Waals surface area contributed by atoms with E-state index < -0.39 is 5.97 Å². The Bertz CT molecular complexity index is 506. The van der Waals surface area contributed by atoms with Crippen molar-refractivity contribution in [1.82, 2.24) is 10.1 Å². The third-order valence-corrected chi connectivity index (χ3v) is 5.31. The van der Waals surface area contributed by atoms with Crippen LogP contribution in [0.4, 0.5) is 0 Å². The average Bonchev–Trinajstić information content (AvgIpc) is 2.79. The number of aromatic nitrogens is 1.